The van der Waals surface area contributed by atoms with Crippen LogP contribution < -0.4 is 10.1 Å². The third-order valence-corrected chi connectivity index (χ3v) is 4.08. The number of halogens is 1. The molecule has 1 amide bonds. The number of para-hydroxylation sites is 1. The summed E-state index contributed by atoms with van der Waals surface area (Å²) in [7, 11) is 3.47. The fourth-order valence-corrected chi connectivity index (χ4v) is 2.82. The number of carbonyl (C=O) groups is 1. The number of hydrogen-bond donors (Lipinski definition) is 1. The zero-order valence-corrected chi connectivity index (χ0v) is 15.9. The smallest absolute Gasteiger partial charge is 0.237 e. The molecule has 2 aromatic carbocycles. The Morgan fingerprint density at radius 3 is 2.40 bits per heavy atom. The van der Waals surface area contributed by atoms with Crippen LogP contribution in [-0.4, -0.2) is 37.6 Å². The minimum absolute atomic E-state index is 0. The quantitative estimate of drug-likeness (QED) is 0.783. The van der Waals surface area contributed by atoms with Gasteiger partial charge in [-0.1, -0.05) is 48.5 Å². The van der Waals surface area contributed by atoms with Gasteiger partial charge < -0.3 is 15.0 Å². The van der Waals surface area contributed by atoms with E-state index in [1.807, 2.05) is 41.3 Å². The maximum Gasteiger partial charge on any atom is 0.237 e. The minimum atomic E-state index is 0. The summed E-state index contributed by atoms with van der Waals surface area (Å²) < 4.78 is 5.44. The molecule has 0 fully saturated rings. The zero-order chi connectivity index (χ0) is 17.4. The maximum atomic E-state index is 12.6. The van der Waals surface area contributed by atoms with E-state index in [1.54, 1.807) is 14.2 Å². The Kier molecular flexibility index (Phi) is 9.03. The van der Waals surface area contributed by atoms with Gasteiger partial charge in [0.15, 0.2) is 0 Å². The summed E-state index contributed by atoms with van der Waals surface area (Å²) in [5.41, 5.74) is 2.25. The fourth-order valence-electron chi connectivity index (χ4n) is 2.82. The Hall–Kier alpha value is -2.04. The average Bonchev–Trinajstić information content (AvgIpc) is 2.61. The molecule has 4 nitrogen and oxygen atoms in total. The van der Waals surface area contributed by atoms with Gasteiger partial charge in [-0.2, -0.15) is 0 Å². The lowest BCUT2D eigenvalue weighted by molar-refractivity contribution is -0.132. The predicted molar refractivity (Wildman–Crippen MR) is 104 cm³/mol. The van der Waals surface area contributed by atoms with E-state index in [2.05, 4.69) is 30.4 Å². The van der Waals surface area contributed by atoms with Crippen molar-refractivity contribution >= 4 is 18.3 Å². The van der Waals surface area contributed by atoms with Gasteiger partial charge in [0, 0.05) is 12.6 Å². The van der Waals surface area contributed by atoms with E-state index >= 15 is 0 Å². The number of ether oxygens (including phenoxy) is 1. The van der Waals surface area contributed by atoms with Crippen molar-refractivity contribution in [3.05, 3.63) is 65.7 Å². The number of hydrogen-bond acceptors (Lipinski definition) is 3. The number of methoxy groups -OCH3 is 1. The fraction of sp³-hybridized carbons (Fsp3) is 0.350. The van der Waals surface area contributed by atoms with Crippen LogP contribution in [0.1, 0.15) is 18.1 Å². The Bertz CT molecular complexity index is 649. The average molecular weight is 363 g/mol. The van der Waals surface area contributed by atoms with Crippen LogP contribution in [0.25, 0.3) is 0 Å². The first-order chi connectivity index (χ1) is 11.7. The maximum absolute atomic E-state index is 12.6. The van der Waals surface area contributed by atoms with E-state index in [-0.39, 0.29) is 24.4 Å². The third-order valence-electron chi connectivity index (χ3n) is 4.08. The van der Waals surface area contributed by atoms with Gasteiger partial charge in [-0.15, -0.1) is 12.4 Å². The number of benzene rings is 2. The number of nitrogens with one attached hydrogen (secondary N) is 1. The van der Waals surface area contributed by atoms with Gasteiger partial charge in [0.1, 0.15) is 5.75 Å². The molecule has 0 spiro atoms. The molecule has 136 valence electrons. The van der Waals surface area contributed by atoms with Crippen LogP contribution in [0.3, 0.4) is 0 Å². The Labute approximate surface area is 156 Å². The first kappa shape index (κ1) is 21.0. The molecule has 0 saturated carbocycles. The van der Waals surface area contributed by atoms with E-state index in [4.69, 9.17) is 4.74 Å². The molecule has 0 aromatic heterocycles. The molecule has 2 aromatic rings. The van der Waals surface area contributed by atoms with Gasteiger partial charge in [-0.3, -0.25) is 4.79 Å². The van der Waals surface area contributed by atoms with Crippen molar-refractivity contribution in [1.82, 2.24) is 10.2 Å². The number of rotatable bonds is 8. The summed E-state index contributed by atoms with van der Waals surface area (Å²) in [6, 6.07) is 18.1. The van der Waals surface area contributed by atoms with E-state index in [9.17, 15) is 4.79 Å². The normalized spacial score (nSPS) is 11.3. The van der Waals surface area contributed by atoms with Crippen molar-refractivity contribution in [3.8, 4) is 5.75 Å². The summed E-state index contributed by atoms with van der Waals surface area (Å²) in [6.07, 6.45) is 0.756. The van der Waals surface area contributed by atoms with Gasteiger partial charge in [0.2, 0.25) is 5.91 Å². The molecule has 25 heavy (non-hydrogen) atoms. The van der Waals surface area contributed by atoms with Crippen molar-refractivity contribution in [2.75, 3.05) is 20.7 Å². The predicted octanol–water partition coefficient (Wildman–Crippen LogP) is 3.30. The topological polar surface area (TPSA) is 41.6 Å². The number of amides is 1. The summed E-state index contributed by atoms with van der Waals surface area (Å²) in [5, 5.41) is 2.96. The van der Waals surface area contributed by atoms with Gasteiger partial charge in [0.05, 0.1) is 13.7 Å². The highest BCUT2D eigenvalue weighted by Crippen LogP contribution is 2.21. The zero-order valence-electron chi connectivity index (χ0n) is 15.1. The van der Waals surface area contributed by atoms with Crippen molar-refractivity contribution < 1.29 is 9.53 Å². The van der Waals surface area contributed by atoms with Crippen molar-refractivity contribution in [1.29, 1.82) is 0 Å². The number of carbonyl (C=O) groups excluding carboxylic acids is 1. The highest BCUT2D eigenvalue weighted by atomic mass is 35.5. The second-order valence-electron chi connectivity index (χ2n) is 5.90. The van der Waals surface area contributed by atoms with Gasteiger partial charge >= 0.3 is 0 Å². The van der Waals surface area contributed by atoms with Crippen molar-refractivity contribution in [3.63, 3.8) is 0 Å². The summed E-state index contributed by atoms with van der Waals surface area (Å²) >= 11 is 0. The monoisotopic (exact) mass is 362 g/mol. The van der Waals surface area contributed by atoms with Crippen LogP contribution in [0.4, 0.5) is 0 Å². The van der Waals surface area contributed by atoms with Gasteiger partial charge in [-0.05, 0) is 37.6 Å². The molecule has 1 atom stereocenters. The summed E-state index contributed by atoms with van der Waals surface area (Å²) in [6.45, 7) is 3.03. The van der Waals surface area contributed by atoms with Crippen LogP contribution in [-0.2, 0) is 17.8 Å². The van der Waals surface area contributed by atoms with Crippen LogP contribution in [0.5, 0.6) is 5.75 Å². The molecule has 5 heteroatoms. The van der Waals surface area contributed by atoms with E-state index in [1.165, 1.54) is 0 Å². The molecule has 1 unspecified atom stereocenters. The molecule has 0 saturated heterocycles. The molecule has 1 N–H and O–H groups in total. The molecule has 0 radical (unpaired) electrons. The molecule has 0 aliphatic rings. The minimum Gasteiger partial charge on any atom is -0.496 e. The lowest BCUT2D eigenvalue weighted by Crippen LogP contribution is -2.43. The molecular formula is C20H27ClN2O2. The van der Waals surface area contributed by atoms with Crippen molar-refractivity contribution in [2.24, 2.45) is 0 Å². The lowest BCUT2D eigenvalue weighted by atomic mass is 10.0. The Morgan fingerprint density at radius 2 is 1.76 bits per heavy atom. The molecule has 0 heterocycles. The number of likely N-dealkylation sites (N-methyl/N-ethyl adjacent to an activating group) is 1. The number of nitrogens with zero attached hydrogens (tertiary/aromatic N) is 1. The second-order valence-corrected chi connectivity index (χ2v) is 5.90. The Balaban J connectivity index is 0.00000312. The van der Waals surface area contributed by atoms with E-state index in [0.29, 0.717) is 13.1 Å². The first-order valence-corrected chi connectivity index (χ1v) is 8.25. The molecule has 2 rings (SSSR count). The van der Waals surface area contributed by atoms with E-state index < -0.39 is 0 Å². The summed E-state index contributed by atoms with van der Waals surface area (Å²) in [5.74, 6) is 0.967. The lowest BCUT2D eigenvalue weighted by Gasteiger charge is -2.30. The summed E-state index contributed by atoms with van der Waals surface area (Å²) in [4.78, 5) is 14.5. The SMILES string of the molecule is CNCC(=O)N(Cc1ccccc1)C(C)Cc1ccccc1OC.Cl. The van der Waals surface area contributed by atoms with Crippen LogP contribution >= 0.6 is 12.4 Å². The van der Waals surface area contributed by atoms with Crippen molar-refractivity contribution in [2.45, 2.75) is 25.9 Å². The Morgan fingerprint density at radius 1 is 1.12 bits per heavy atom. The molecule has 0 bridgehead atoms. The third kappa shape index (κ3) is 6.07. The molecule has 0 aliphatic heterocycles. The second kappa shape index (κ2) is 10.7. The van der Waals surface area contributed by atoms with Gasteiger partial charge in [-0.25, -0.2) is 0 Å². The molecular weight excluding hydrogens is 336 g/mol. The van der Waals surface area contributed by atoms with Gasteiger partial charge in [0.25, 0.3) is 0 Å². The first-order valence-electron chi connectivity index (χ1n) is 8.25. The van der Waals surface area contributed by atoms with Crippen LogP contribution in [0.15, 0.2) is 54.6 Å². The van der Waals surface area contributed by atoms with Crippen LogP contribution in [0.2, 0.25) is 0 Å². The highest BCUT2D eigenvalue weighted by molar-refractivity contribution is 5.85. The standard InChI is InChI=1S/C20H26N2O2.ClH/c1-16(13-18-11-7-8-12-19(18)24-3)22(20(23)14-21-2)15-17-9-5-4-6-10-17;/h4-12,16,21H,13-15H2,1-3H3;1H. The largest absolute Gasteiger partial charge is 0.496 e. The highest BCUT2D eigenvalue weighted by Gasteiger charge is 2.21. The van der Waals surface area contributed by atoms with Crippen LogP contribution in [0, 0.1) is 0 Å². The molecule has 0 aliphatic carbocycles. The van der Waals surface area contributed by atoms with E-state index in [0.717, 1.165) is 23.3 Å².